The van der Waals surface area contributed by atoms with Gasteiger partial charge >= 0.3 is 0 Å². The highest BCUT2D eigenvalue weighted by Crippen LogP contribution is 2.68. The molecule has 148 valence electrons. The molecule has 0 radical (unpaired) electrons. The zero-order valence-corrected chi connectivity index (χ0v) is 16.5. The van der Waals surface area contributed by atoms with E-state index in [-0.39, 0.29) is 24.4 Å². The zero-order chi connectivity index (χ0) is 19.1. The van der Waals surface area contributed by atoms with E-state index in [4.69, 9.17) is 5.11 Å². The molecule has 1 spiro atoms. The van der Waals surface area contributed by atoms with Gasteiger partial charge in [0, 0.05) is 48.7 Å². The van der Waals surface area contributed by atoms with Crippen LogP contribution in [0.15, 0.2) is 24.3 Å². The molecule has 4 saturated heterocycles. The molecule has 5 aliphatic heterocycles. The number of benzene rings is 1. The topological polar surface area (TPSA) is 67.2 Å². The van der Waals surface area contributed by atoms with E-state index >= 15 is 0 Å². The summed E-state index contributed by atoms with van der Waals surface area (Å²) in [6.45, 7) is 4.12. The number of rotatable bonds is 1. The number of hydrogen-bond donors (Lipinski definition) is 3. The number of aliphatic hydroxyl groups is 3. The van der Waals surface area contributed by atoms with Crippen molar-refractivity contribution in [1.82, 2.24) is 4.90 Å². The molecule has 1 saturated carbocycles. The molecule has 5 fully saturated rings. The van der Waals surface area contributed by atoms with Gasteiger partial charge < -0.3 is 20.2 Å². The molecule has 1 aromatic rings. The van der Waals surface area contributed by atoms with Crippen molar-refractivity contribution in [1.29, 1.82) is 0 Å². The minimum absolute atomic E-state index is 0.126. The second-order valence-electron chi connectivity index (χ2n) is 9.12. The highest BCUT2D eigenvalue weighted by Gasteiger charge is 2.76. The molecule has 1 unspecified atom stereocenters. The van der Waals surface area contributed by atoms with Crippen LogP contribution < -0.4 is 4.90 Å². The molecule has 7 rings (SSSR count). The standard InChI is InChI=1S/C20H26N2O2.C2H6O/c1-3-10-11-8-14-17-20(12-6-4-5-7-13(12)21(17)2)9-15(16(11)18(20)23)22(14)19(10)24;1-2-3/h4-7,10-11,14-19,23-24H,3,8-9H2,1-2H3;3H,2H2,1H3/t10-,11-,14-,15-,16-,17-,18+,19+,20+;/m0./s1. The van der Waals surface area contributed by atoms with Crippen LogP contribution in [0, 0.1) is 17.8 Å². The largest absolute Gasteiger partial charge is 0.397 e. The molecular formula is C22H32N2O3. The lowest BCUT2D eigenvalue weighted by atomic mass is 9.62. The van der Waals surface area contributed by atoms with E-state index in [0.717, 1.165) is 19.3 Å². The summed E-state index contributed by atoms with van der Waals surface area (Å²) in [6.07, 6.45) is 2.56. The van der Waals surface area contributed by atoms with E-state index in [9.17, 15) is 10.2 Å². The van der Waals surface area contributed by atoms with E-state index in [0.29, 0.717) is 35.9 Å². The lowest BCUT2D eigenvalue weighted by Gasteiger charge is -2.62. The zero-order valence-electron chi connectivity index (χ0n) is 16.5. The normalized spacial score (nSPS) is 50.3. The summed E-state index contributed by atoms with van der Waals surface area (Å²) in [7, 11) is 2.19. The van der Waals surface area contributed by atoms with E-state index in [1.807, 2.05) is 0 Å². The Hall–Kier alpha value is -1.14. The Bertz CT molecular complexity index is 742. The summed E-state index contributed by atoms with van der Waals surface area (Å²) in [5.74, 6) is 1.14. The van der Waals surface area contributed by atoms with E-state index < -0.39 is 0 Å². The highest BCUT2D eigenvalue weighted by molar-refractivity contribution is 5.67. The van der Waals surface area contributed by atoms with Gasteiger partial charge in [0.1, 0.15) is 6.23 Å². The maximum atomic E-state index is 11.6. The molecule has 6 aliphatic rings. The van der Waals surface area contributed by atoms with Crippen LogP contribution in [0.1, 0.15) is 38.7 Å². The summed E-state index contributed by atoms with van der Waals surface area (Å²) in [6, 6.07) is 9.70. The first kappa shape index (κ1) is 17.9. The number of para-hydroxylation sites is 1. The Morgan fingerprint density at radius 1 is 1.15 bits per heavy atom. The minimum atomic E-state index is -0.319. The molecule has 5 heteroatoms. The second kappa shape index (κ2) is 5.93. The average molecular weight is 373 g/mol. The number of hydrogen-bond acceptors (Lipinski definition) is 5. The van der Waals surface area contributed by atoms with Crippen LogP contribution in [-0.4, -0.2) is 64.3 Å². The Balaban J connectivity index is 0.000000504. The molecule has 1 aromatic carbocycles. The van der Waals surface area contributed by atoms with Crippen LogP contribution in [0.5, 0.6) is 0 Å². The molecule has 10 atom stereocenters. The van der Waals surface area contributed by atoms with Gasteiger partial charge in [0.05, 0.1) is 12.1 Å². The average Bonchev–Trinajstić information content (AvgIpc) is 3.05. The number of anilines is 1. The van der Waals surface area contributed by atoms with Crippen molar-refractivity contribution in [2.45, 2.75) is 69.0 Å². The summed E-state index contributed by atoms with van der Waals surface area (Å²) in [5.41, 5.74) is 2.51. The Labute approximate surface area is 161 Å². The second-order valence-corrected chi connectivity index (χ2v) is 9.12. The van der Waals surface area contributed by atoms with Gasteiger partial charge in [-0.3, -0.25) is 4.90 Å². The van der Waals surface area contributed by atoms with Gasteiger partial charge in [0.2, 0.25) is 0 Å². The van der Waals surface area contributed by atoms with Crippen LogP contribution in [0.2, 0.25) is 0 Å². The number of likely N-dealkylation sites (N-methyl/N-ethyl adjacent to an activating group) is 1. The van der Waals surface area contributed by atoms with Gasteiger partial charge in [0.25, 0.3) is 0 Å². The molecule has 27 heavy (non-hydrogen) atoms. The van der Waals surface area contributed by atoms with Crippen molar-refractivity contribution >= 4 is 5.69 Å². The van der Waals surface area contributed by atoms with Gasteiger partial charge in [-0.1, -0.05) is 25.1 Å². The Morgan fingerprint density at radius 3 is 2.56 bits per heavy atom. The Morgan fingerprint density at radius 2 is 1.85 bits per heavy atom. The molecule has 3 N–H and O–H groups in total. The van der Waals surface area contributed by atoms with E-state index in [1.54, 1.807) is 6.92 Å². The van der Waals surface area contributed by atoms with Gasteiger partial charge in [-0.15, -0.1) is 0 Å². The van der Waals surface area contributed by atoms with Crippen LogP contribution in [-0.2, 0) is 5.41 Å². The predicted octanol–water partition coefficient (Wildman–Crippen LogP) is 1.55. The third-order valence-corrected chi connectivity index (χ3v) is 8.46. The van der Waals surface area contributed by atoms with Crippen molar-refractivity contribution in [3.63, 3.8) is 0 Å². The lowest BCUT2D eigenvalue weighted by molar-refractivity contribution is -0.211. The predicted molar refractivity (Wildman–Crippen MR) is 104 cm³/mol. The summed E-state index contributed by atoms with van der Waals surface area (Å²) in [5, 5.41) is 30.2. The smallest absolute Gasteiger partial charge is 0.111 e. The molecule has 5 bridgehead atoms. The maximum absolute atomic E-state index is 11.6. The SMILES string of the molecule is CCO.CC[C@H]1[C@@H]2C[C@H]3[C@@H]4N(C)c5ccccc5[C@]45C[C@@H]([C@H]2[C@H]5O)N3[C@@H]1O. The first-order valence-corrected chi connectivity index (χ1v) is 10.6. The minimum Gasteiger partial charge on any atom is -0.397 e. The fourth-order valence-electron chi connectivity index (χ4n) is 7.88. The van der Waals surface area contributed by atoms with E-state index in [2.05, 4.69) is 48.0 Å². The summed E-state index contributed by atoms with van der Waals surface area (Å²) < 4.78 is 0. The van der Waals surface area contributed by atoms with Crippen molar-refractivity contribution in [2.24, 2.45) is 17.8 Å². The monoisotopic (exact) mass is 372 g/mol. The number of nitrogens with zero attached hydrogens (tertiary/aromatic N) is 2. The molecule has 5 nitrogen and oxygen atoms in total. The fourth-order valence-corrected chi connectivity index (χ4v) is 7.88. The van der Waals surface area contributed by atoms with Crippen molar-refractivity contribution in [2.75, 3.05) is 18.6 Å². The molecule has 1 aliphatic carbocycles. The molecule has 0 amide bonds. The fraction of sp³-hybridized carbons (Fsp3) is 0.727. The molecular weight excluding hydrogens is 340 g/mol. The van der Waals surface area contributed by atoms with Crippen LogP contribution >= 0.6 is 0 Å². The van der Waals surface area contributed by atoms with Gasteiger partial charge in [0.15, 0.2) is 0 Å². The van der Waals surface area contributed by atoms with Crippen LogP contribution in [0.25, 0.3) is 0 Å². The van der Waals surface area contributed by atoms with Crippen molar-refractivity contribution < 1.29 is 15.3 Å². The van der Waals surface area contributed by atoms with Gasteiger partial charge in [-0.2, -0.15) is 0 Å². The highest BCUT2D eigenvalue weighted by atomic mass is 16.3. The number of fused-ring (bicyclic) bond motifs is 2. The van der Waals surface area contributed by atoms with Crippen molar-refractivity contribution in [3.05, 3.63) is 29.8 Å². The lowest BCUT2D eigenvalue weighted by Crippen LogP contribution is -2.72. The number of aliphatic hydroxyl groups excluding tert-OH is 3. The first-order valence-electron chi connectivity index (χ1n) is 10.6. The van der Waals surface area contributed by atoms with Crippen LogP contribution in [0.4, 0.5) is 5.69 Å². The third-order valence-electron chi connectivity index (χ3n) is 8.46. The molecule has 0 aromatic heterocycles. The Kier molecular flexibility index (Phi) is 3.94. The quantitative estimate of drug-likeness (QED) is 0.698. The summed E-state index contributed by atoms with van der Waals surface area (Å²) >= 11 is 0. The van der Waals surface area contributed by atoms with Gasteiger partial charge in [-0.05, 0) is 43.7 Å². The van der Waals surface area contributed by atoms with E-state index in [1.165, 1.54) is 11.3 Å². The third kappa shape index (κ3) is 1.89. The number of piperidine rings is 4. The van der Waals surface area contributed by atoms with Gasteiger partial charge in [-0.25, -0.2) is 0 Å². The van der Waals surface area contributed by atoms with Crippen LogP contribution in [0.3, 0.4) is 0 Å². The van der Waals surface area contributed by atoms with Crippen molar-refractivity contribution in [3.8, 4) is 0 Å². The summed E-state index contributed by atoms with van der Waals surface area (Å²) in [4.78, 5) is 4.83. The maximum Gasteiger partial charge on any atom is 0.111 e. The molecule has 5 heterocycles. The first-order chi connectivity index (χ1) is 13.0.